The molecule has 2 atom stereocenters. The summed E-state index contributed by atoms with van der Waals surface area (Å²) in [5.74, 6) is 0. The lowest BCUT2D eigenvalue weighted by Gasteiger charge is -2.22. The van der Waals surface area contributed by atoms with Gasteiger partial charge in [-0.2, -0.15) is 0 Å². The average Bonchev–Trinajstić information content (AvgIpc) is 2.38. The summed E-state index contributed by atoms with van der Waals surface area (Å²) in [6.45, 7) is 4.36. The molecule has 0 aliphatic heterocycles. The van der Waals surface area contributed by atoms with Crippen molar-refractivity contribution in [1.29, 1.82) is 0 Å². The molecule has 0 heterocycles. The van der Waals surface area contributed by atoms with E-state index in [-0.39, 0.29) is 12.6 Å². The zero-order valence-corrected chi connectivity index (χ0v) is 10.9. The number of aliphatic hydroxyl groups excluding tert-OH is 1. The number of rotatable bonds is 4. The van der Waals surface area contributed by atoms with Crippen LogP contribution in [0.25, 0.3) is 0 Å². The van der Waals surface area contributed by atoms with Crippen molar-refractivity contribution in [1.82, 2.24) is 5.32 Å². The van der Waals surface area contributed by atoms with Crippen molar-refractivity contribution < 1.29 is 5.11 Å². The highest BCUT2D eigenvalue weighted by molar-refractivity contribution is 5.35. The van der Waals surface area contributed by atoms with E-state index in [0.29, 0.717) is 6.04 Å². The maximum absolute atomic E-state index is 9.06. The van der Waals surface area contributed by atoms with Crippen LogP contribution >= 0.6 is 0 Å². The molecule has 1 aliphatic carbocycles. The average molecular weight is 233 g/mol. The first-order valence-electron chi connectivity index (χ1n) is 6.69. The fourth-order valence-corrected chi connectivity index (χ4v) is 2.60. The zero-order chi connectivity index (χ0) is 12.3. The number of hydrogen-bond acceptors (Lipinski definition) is 2. The monoisotopic (exact) mass is 233 g/mol. The summed E-state index contributed by atoms with van der Waals surface area (Å²) in [7, 11) is 0. The van der Waals surface area contributed by atoms with Crippen LogP contribution in [0, 0.1) is 0 Å². The fraction of sp³-hybridized carbons (Fsp3) is 0.600. The summed E-state index contributed by atoms with van der Waals surface area (Å²) in [4.78, 5) is 0. The van der Waals surface area contributed by atoms with Crippen molar-refractivity contribution in [2.45, 2.75) is 51.6 Å². The van der Waals surface area contributed by atoms with Crippen LogP contribution in [-0.4, -0.2) is 17.8 Å². The molecule has 17 heavy (non-hydrogen) atoms. The van der Waals surface area contributed by atoms with E-state index in [4.69, 9.17) is 5.11 Å². The van der Waals surface area contributed by atoms with Crippen LogP contribution in [0.2, 0.25) is 0 Å². The molecule has 1 aromatic rings. The van der Waals surface area contributed by atoms with Gasteiger partial charge >= 0.3 is 0 Å². The van der Waals surface area contributed by atoms with Gasteiger partial charge in [-0.3, -0.25) is 0 Å². The lowest BCUT2D eigenvalue weighted by molar-refractivity contribution is 0.243. The first-order valence-corrected chi connectivity index (χ1v) is 6.69. The first kappa shape index (κ1) is 12.6. The van der Waals surface area contributed by atoms with E-state index >= 15 is 0 Å². The molecule has 0 saturated heterocycles. The Morgan fingerprint density at radius 2 is 1.88 bits per heavy atom. The van der Waals surface area contributed by atoms with Gasteiger partial charge in [0, 0.05) is 12.1 Å². The van der Waals surface area contributed by atoms with E-state index in [1.807, 2.05) is 6.92 Å². The van der Waals surface area contributed by atoms with Gasteiger partial charge in [0.25, 0.3) is 0 Å². The molecule has 2 nitrogen and oxygen atoms in total. The van der Waals surface area contributed by atoms with Crippen LogP contribution in [-0.2, 0) is 12.8 Å². The second-order valence-electron chi connectivity index (χ2n) is 5.21. The number of aliphatic hydroxyl groups is 1. The summed E-state index contributed by atoms with van der Waals surface area (Å²) >= 11 is 0. The molecular weight excluding hydrogens is 210 g/mol. The van der Waals surface area contributed by atoms with Crippen molar-refractivity contribution >= 4 is 0 Å². The molecule has 1 unspecified atom stereocenters. The first-order chi connectivity index (χ1) is 8.20. The van der Waals surface area contributed by atoms with Crippen LogP contribution in [0.5, 0.6) is 0 Å². The third kappa shape index (κ3) is 3.08. The third-order valence-corrected chi connectivity index (χ3v) is 3.68. The molecule has 0 spiro atoms. The van der Waals surface area contributed by atoms with Crippen LogP contribution in [0.15, 0.2) is 18.2 Å². The molecule has 0 amide bonds. The van der Waals surface area contributed by atoms with E-state index < -0.39 is 0 Å². The van der Waals surface area contributed by atoms with Gasteiger partial charge in [0.05, 0.1) is 6.61 Å². The Labute approximate surface area is 104 Å². The minimum Gasteiger partial charge on any atom is -0.395 e. The van der Waals surface area contributed by atoms with Gasteiger partial charge in [0.2, 0.25) is 0 Å². The highest BCUT2D eigenvalue weighted by Gasteiger charge is 2.13. The Morgan fingerprint density at radius 3 is 2.59 bits per heavy atom. The topological polar surface area (TPSA) is 32.3 Å². The Bertz CT molecular complexity index is 375. The van der Waals surface area contributed by atoms with Crippen molar-refractivity contribution in [2.75, 3.05) is 6.61 Å². The maximum atomic E-state index is 9.06. The number of hydrogen-bond donors (Lipinski definition) is 2. The molecule has 1 aromatic carbocycles. The second kappa shape index (κ2) is 5.65. The molecule has 2 N–H and O–H groups in total. The molecule has 94 valence electrons. The number of nitrogens with one attached hydrogen (secondary N) is 1. The lowest BCUT2D eigenvalue weighted by atomic mass is 9.89. The summed E-state index contributed by atoms with van der Waals surface area (Å²) in [6, 6.07) is 7.32. The predicted molar refractivity (Wildman–Crippen MR) is 71.2 cm³/mol. The molecule has 0 radical (unpaired) electrons. The molecular formula is C15H23NO. The molecule has 0 saturated carbocycles. The zero-order valence-electron chi connectivity index (χ0n) is 10.9. The van der Waals surface area contributed by atoms with Crippen molar-refractivity contribution in [3.63, 3.8) is 0 Å². The number of fused-ring (bicyclic) bond motifs is 1. The SMILES string of the molecule is CC(N[C@H](C)CO)c1ccc2c(c1)CCCC2. The van der Waals surface area contributed by atoms with Crippen molar-refractivity contribution in [3.05, 3.63) is 34.9 Å². The van der Waals surface area contributed by atoms with E-state index in [9.17, 15) is 0 Å². The quantitative estimate of drug-likeness (QED) is 0.838. The Hall–Kier alpha value is -0.860. The highest BCUT2D eigenvalue weighted by atomic mass is 16.3. The standard InChI is InChI=1S/C15H23NO/c1-11(10-17)16-12(2)14-8-7-13-5-3-4-6-15(13)9-14/h7-9,11-12,16-17H,3-6,10H2,1-2H3/t11-,12?/m1/s1. The van der Waals surface area contributed by atoms with Gasteiger partial charge in [-0.1, -0.05) is 18.2 Å². The van der Waals surface area contributed by atoms with Crippen molar-refractivity contribution in [2.24, 2.45) is 0 Å². The molecule has 1 aliphatic rings. The summed E-state index contributed by atoms with van der Waals surface area (Å²) in [6.07, 6.45) is 5.13. The summed E-state index contributed by atoms with van der Waals surface area (Å²) in [5.41, 5.74) is 4.40. The molecule has 2 heteroatoms. The largest absolute Gasteiger partial charge is 0.395 e. The van der Waals surface area contributed by atoms with Gasteiger partial charge in [0.15, 0.2) is 0 Å². The molecule has 0 aromatic heterocycles. The fourth-order valence-electron chi connectivity index (χ4n) is 2.60. The second-order valence-corrected chi connectivity index (χ2v) is 5.21. The van der Waals surface area contributed by atoms with E-state index in [1.165, 1.54) is 42.4 Å². The number of benzene rings is 1. The predicted octanol–water partition coefficient (Wildman–Crippen LogP) is 2.60. The van der Waals surface area contributed by atoms with Crippen LogP contribution in [0.4, 0.5) is 0 Å². The van der Waals surface area contributed by atoms with Gasteiger partial charge in [0.1, 0.15) is 0 Å². The van der Waals surface area contributed by atoms with Crippen LogP contribution < -0.4 is 5.32 Å². The molecule has 2 rings (SSSR count). The van der Waals surface area contributed by atoms with Gasteiger partial charge in [-0.15, -0.1) is 0 Å². The van der Waals surface area contributed by atoms with Crippen LogP contribution in [0.3, 0.4) is 0 Å². The van der Waals surface area contributed by atoms with E-state index in [0.717, 1.165) is 0 Å². The summed E-state index contributed by atoms with van der Waals surface area (Å²) in [5, 5.41) is 12.5. The van der Waals surface area contributed by atoms with Gasteiger partial charge in [-0.05, 0) is 56.2 Å². The minimum absolute atomic E-state index is 0.154. The van der Waals surface area contributed by atoms with Gasteiger partial charge < -0.3 is 10.4 Å². The summed E-state index contributed by atoms with van der Waals surface area (Å²) < 4.78 is 0. The Kier molecular flexibility index (Phi) is 4.19. The molecule has 0 fully saturated rings. The maximum Gasteiger partial charge on any atom is 0.0582 e. The minimum atomic E-state index is 0.154. The smallest absolute Gasteiger partial charge is 0.0582 e. The lowest BCUT2D eigenvalue weighted by Crippen LogP contribution is -2.31. The Morgan fingerprint density at radius 1 is 1.18 bits per heavy atom. The third-order valence-electron chi connectivity index (χ3n) is 3.68. The van der Waals surface area contributed by atoms with Crippen molar-refractivity contribution in [3.8, 4) is 0 Å². The normalized spacial score (nSPS) is 18.5. The number of aryl methyl sites for hydroxylation is 2. The van der Waals surface area contributed by atoms with Gasteiger partial charge in [-0.25, -0.2) is 0 Å². The molecule has 0 bridgehead atoms. The van der Waals surface area contributed by atoms with Crippen LogP contribution in [0.1, 0.15) is 49.4 Å². The van der Waals surface area contributed by atoms with E-state index in [1.54, 1.807) is 0 Å². The highest BCUT2D eigenvalue weighted by Crippen LogP contribution is 2.24. The Balaban J connectivity index is 2.10. The van der Waals surface area contributed by atoms with E-state index in [2.05, 4.69) is 30.4 Å².